The van der Waals surface area contributed by atoms with Gasteiger partial charge in [0.2, 0.25) is 5.91 Å². The fourth-order valence-corrected chi connectivity index (χ4v) is 6.41. The fraction of sp³-hybridized carbons (Fsp3) is 0.350. The number of carbonyl (C=O) groups excluding carboxylic acids is 1. The van der Waals surface area contributed by atoms with E-state index < -0.39 is 10.0 Å². The van der Waals surface area contributed by atoms with Gasteiger partial charge in [0.25, 0.3) is 10.0 Å². The van der Waals surface area contributed by atoms with E-state index in [1.165, 1.54) is 11.2 Å². The third-order valence-corrected chi connectivity index (χ3v) is 7.98. The first-order valence-corrected chi connectivity index (χ1v) is 11.4. The molecule has 2 aliphatic rings. The van der Waals surface area contributed by atoms with Gasteiger partial charge in [0.05, 0.1) is 16.3 Å². The molecule has 0 aromatic heterocycles. The molecule has 0 radical (unpaired) electrons. The van der Waals surface area contributed by atoms with E-state index in [1.807, 2.05) is 30.3 Å². The maximum Gasteiger partial charge on any atom is 0.264 e. The number of aryl methyl sites for hydroxylation is 1. The molecule has 2 aliphatic heterocycles. The lowest BCUT2D eigenvalue weighted by Crippen LogP contribution is -2.38. The second-order valence-corrected chi connectivity index (χ2v) is 10.3. The molecule has 27 heavy (non-hydrogen) atoms. The molecule has 142 valence electrons. The van der Waals surface area contributed by atoms with Crippen LogP contribution < -0.4 is 9.21 Å². The summed E-state index contributed by atoms with van der Waals surface area (Å²) in [6.07, 6.45) is 1.69. The molecule has 2 heterocycles. The Bertz CT molecular complexity index is 1000. The van der Waals surface area contributed by atoms with E-state index in [0.29, 0.717) is 18.8 Å². The van der Waals surface area contributed by atoms with Gasteiger partial charge >= 0.3 is 0 Å². The van der Waals surface area contributed by atoms with Crippen LogP contribution in [0.2, 0.25) is 0 Å². The number of hydrogen-bond acceptors (Lipinski definition) is 4. The molecular formula is C20H22N2O3S2. The van der Waals surface area contributed by atoms with Crippen molar-refractivity contribution in [3.63, 3.8) is 0 Å². The summed E-state index contributed by atoms with van der Waals surface area (Å²) in [6.45, 7) is 4.65. The smallest absolute Gasteiger partial charge is 0.264 e. The Hall–Kier alpha value is -1.99. The van der Waals surface area contributed by atoms with Gasteiger partial charge in [-0.25, -0.2) is 8.42 Å². The third kappa shape index (κ3) is 3.23. The molecule has 1 atom stereocenters. The van der Waals surface area contributed by atoms with Crippen molar-refractivity contribution in [2.24, 2.45) is 0 Å². The lowest BCUT2D eigenvalue weighted by atomic mass is 10.0. The lowest BCUT2D eigenvalue weighted by molar-refractivity contribution is -0.116. The van der Waals surface area contributed by atoms with E-state index in [1.54, 1.807) is 28.8 Å². The Balaban J connectivity index is 1.78. The first-order chi connectivity index (χ1) is 12.9. The predicted octanol–water partition coefficient (Wildman–Crippen LogP) is 3.68. The van der Waals surface area contributed by atoms with Crippen molar-refractivity contribution in [1.82, 2.24) is 0 Å². The number of sulfonamides is 1. The molecular weight excluding hydrogens is 380 g/mol. The Morgan fingerprint density at radius 1 is 1.15 bits per heavy atom. The molecule has 0 saturated carbocycles. The number of nitrogens with zero attached hydrogens (tertiary/aromatic N) is 2. The molecule has 1 amide bonds. The number of rotatable bonds is 2. The standard InChI is InChI=1S/C20H22N2O3S2/c1-14-13-21(15(2)23)19-12-17(9-10-20(19)26-14)27(24,25)22-11-5-7-16-6-3-4-8-18(16)22/h3-4,6,8-10,12,14H,5,7,11,13H2,1-2H3/t14-/m1/s1. The summed E-state index contributed by atoms with van der Waals surface area (Å²) < 4.78 is 28.3. The van der Waals surface area contributed by atoms with Gasteiger partial charge in [0.1, 0.15) is 0 Å². The molecule has 0 fully saturated rings. The molecule has 2 aromatic carbocycles. The van der Waals surface area contributed by atoms with Gasteiger partial charge in [-0.2, -0.15) is 0 Å². The van der Waals surface area contributed by atoms with Crippen molar-refractivity contribution in [3.8, 4) is 0 Å². The van der Waals surface area contributed by atoms with Gasteiger partial charge in [0.15, 0.2) is 0 Å². The number of para-hydroxylation sites is 1. The lowest BCUT2D eigenvalue weighted by Gasteiger charge is -2.33. The molecule has 5 nitrogen and oxygen atoms in total. The van der Waals surface area contributed by atoms with Crippen LogP contribution in [0.1, 0.15) is 25.8 Å². The topological polar surface area (TPSA) is 57.7 Å². The Morgan fingerprint density at radius 3 is 2.70 bits per heavy atom. The highest BCUT2D eigenvalue weighted by Crippen LogP contribution is 2.41. The van der Waals surface area contributed by atoms with Crippen LogP contribution >= 0.6 is 11.8 Å². The van der Waals surface area contributed by atoms with Crippen molar-refractivity contribution in [2.45, 2.75) is 41.7 Å². The predicted molar refractivity (Wildman–Crippen MR) is 109 cm³/mol. The summed E-state index contributed by atoms with van der Waals surface area (Å²) in [5.74, 6) is -0.0683. The van der Waals surface area contributed by atoms with Crippen LogP contribution in [0.4, 0.5) is 11.4 Å². The summed E-state index contributed by atoms with van der Waals surface area (Å²) in [5.41, 5.74) is 2.50. The zero-order valence-electron chi connectivity index (χ0n) is 15.4. The zero-order valence-corrected chi connectivity index (χ0v) is 17.0. The zero-order chi connectivity index (χ0) is 19.2. The van der Waals surface area contributed by atoms with E-state index >= 15 is 0 Å². The Labute approximate surface area is 164 Å². The van der Waals surface area contributed by atoms with Gasteiger partial charge in [-0.3, -0.25) is 9.10 Å². The summed E-state index contributed by atoms with van der Waals surface area (Å²) in [7, 11) is -3.69. The monoisotopic (exact) mass is 402 g/mol. The highest BCUT2D eigenvalue weighted by molar-refractivity contribution is 8.00. The molecule has 0 unspecified atom stereocenters. The summed E-state index contributed by atoms with van der Waals surface area (Å²) in [6, 6.07) is 12.8. The van der Waals surface area contributed by atoms with Gasteiger partial charge in [-0.05, 0) is 42.7 Å². The molecule has 4 rings (SSSR count). The van der Waals surface area contributed by atoms with Crippen LogP contribution in [0, 0.1) is 0 Å². The van der Waals surface area contributed by atoms with Crippen molar-refractivity contribution in [1.29, 1.82) is 0 Å². The molecule has 0 saturated heterocycles. The van der Waals surface area contributed by atoms with E-state index in [9.17, 15) is 13.2 Å². The minimum absolute atomic E-state index is 0.0683. The van der Waals surface area contributed by atoms with E-state index in [2.05, 4.69) is 6.92 Å². The maximum absolute atomic E-state index is 13.4. The highest BCUT2D eigenvalue weighted by Gasteiger charge is 2.32. The van der Waals surface area contributed by atoms with Gasteiger partial charge in [-0.15, -0.1) is 11.8 Å². The summed E-state index contributed by atoms with van der Waals surface area (Å²) in [4.78, 5) is 15.0. The molecule has 0 N–H and O–H groups in total. The fourth-order valence-electron chi connectivity index (χ4n) is 3.75. The Kier molecular flexibility index (Phi) is 4.68. The number of benzene rings is 2. The quantitative estimate of drug-likeness (QED) is 0.769. The van der Waals surface area contributed by atoms with Crippen molar-refractivity contribution < 1.29 is 13.2 Å². The summed E-state index contributed by atoms with van der Waals surface area (Å²) >= 11 is 1.67. The van der Waals surface area contributed by atoms with E-state index in [0.717, 1.165) is 29.0 Å². The second kappa shape index (κ2) is 6.87. The molecule has 2 aromatic rings. The molecule has 0 spiro atoms. The van der Waals surface area contributed by atoms with Crippen LogP contribution in [-0.2, 0) is 21.2 Å². The minimum Gasteiger partial charge on any atom is -0.310 e. The second-order valence-electron chi connectivity index (χ2n) is 7.00. The average molecular weight is 403 g/mol. The van der Waals surface area contributed by atoms with Crippen LogP contribution in [0.5, 0.6) is 0 Å². The Morgan fingerprint density at radius 2 is 1.93 bits per heavy atom. The highest BCUT2D eigenvalue weighted by atomic mass is 32.2. The van der Waals surface area contributed by atoms with Crippen LogP contribution in [0.3, 0.4) is 0 Å². The number of hydrogen-bond donors (Lipinski definition) is 0. The summed E-state index contributed by atoms with van der Waals surface area (Å²) in [5, 5.41) is 0.276. The van der Waals surface area contributed by atoms with Crippen molar-refractivity contribution in [2.75, 3.05) is 22.3 Å². The normalized spacial score (nSPS) is 19.4. The molecule has 0 aliphatic carbocycles. The van der Waals surface area contributed by atoms with Gasteiger partial charge in [0, 0.05) is 30.2 Å². The largest absolute Gasteiger partial charge is 0.310 e. The SMILES string of the molecule is CC(=O)N1C[C@@H](C)Sc2ccc(S(=O)(=O)N3CCCc4ccccc43)cc21. The number of thioether (sulfide) groups is 1. The first kappa shape index (κ1) is 18.4. The molecule has 7 heteroatoms. The van der Waals surface area contributed by atoms with E-state index in [-0.39, 0.29) is 16.1 Å². The maximum atomic E-state index is 13.4. The number of carbonyl (C=O) groups is 1. The van der Waals surface area contributed by atoms with Gasteiger partial charge in [-0.1, -0.05) is 25.1 Å². The number of amides is 1. The van der Waals surface area contributed by atoms with Crippen molar-refractivity contribution in [3.05, 3.63) is 48.0 Å². The van der Waals surface area contributed by atoms with Crippen LogP contribution in [0.25, 0.3) is 0 Å². The van der Waals surface area contributed by atoms with Gasteiger partial charge < -0.3 is 4.90 Å². The minimum atomic E-state index is -3.69. The number of fused-ring (bicyclic) bond motifs is 2. The van der Waals surface area contributed by atoms with Crippen molar-refractivity contribution >= 4 is 39.1 Å². The molecule has 0 bridgehead atoms. The van der Waals surface area contributed by atoms with E-state index in [4.69, 9.17) is 0 Å². The third-order valence-electron chi connectivity index (χ3n) is 5.02. The number of anilines is 2. The van der Waals surface area contributed by atoms with Crippen LogP contribution in [0.15, 0.2) is 52.3 Å². The average Bonchev–Trinajstić information content (AvgIpc) is 2.66. The first-order valence-electron chi connectivity index (χ1n) is 9.07. The van der Waals surface area contributed by atoms with Crippen LogP contribution in [-0.4, -0.2) is 32.7 Å².